The minimum absolute atomic E-state index is 0.0444. The molecule has 2 heterocycles. The maximum Gasteiger partial charge on any atom is 0.120 e. The van der Waals surface area contributed by atoms with Gasteiger partial charge in [0, 0.05) is 25.9 Å². The highest BCUT2D eigenvalue weighted by Gasteiger charge is 2.41. The highest BCUT2D eigenvalue weighted by Crippen LogP contribution is 2.34. The molecule has 2 fully saturated rings. The molecule has 2 aliphatic rings. The highest BCUT2D eigenvalue weighted by molar-refractivity contribution is 5.28. The van der Waals surface area contributed by atoms with Crippen LogP contribution in [0.25, 0.3) is 0 Å². The van der Waals surface area contributed by atoms with Crippen LogP contribution in [0, 0.1) is 0 Å². The molecule has 2 saturated heterocycles. The second-order valence-corrected chi connectivity index (χ2v) is 5.37. The predicted octanol–water partition coefficient (Wildman–Crippen LogP) is 1.90. The SMILES string of the molecule is OCc1cccc(OC2CCOC3(CCOC3)C2)c1. The third-order valence-electron chi connectivity index (χ3n) is 3.90. The largest absolute Gasteiger partial charge is 0.490 e. The van der Waals surface area contributed by atoms with Gasteiger partial charge in [-0.3, -0.25) is 0 Å². The summed E-state index contributed by atoms with van der Waals surface area (Å²) in [5.74, 6) is 0.826. The van der Waals surface area contributed by atoms with Gasteiger partial charge in [-0.2, -0.15) is 0 Å². The molecule has 0 saturated carbocycles. The van der Waals surface area contributed by atoms with Crippen LogP contribution >= 0.6 is 0 Å². The van der Waals surface area contributed by atoms with Crippen molar-refractivity contribution < 1.29 is 19.3 Å². The van der Waals surface area contributed by atoms with Gasteiger partial charge in [0.2, 0.25) is 0 Å². The molecule has 2 unspecified atom stereocenters. The van der Waals surface area contributed by atoms with Gasteiger partial charge in [0.1, 0.15) is 11.9 Å². The zero-order valence-corrected chi connectivity index (χ0v) is 11.0. The van der Waals surface area contributed by atoms with Gasteiger partial charge >= 0.3 is 0 Å². The summed E-state index contributed by atoms with van der Waals surface area (Å²) in [6.45, 7) is 2.24. The van der Waals surface area contributed by atoms with Gasteiger partial charge in [-0.15, -0.1) is 0 Å². The molecule has 1 aromatic carbocycles. The first-order chi connectivity index (χ1) is 9.30. The van der Waals surface area contributed by atoms with Crippen LogP contribution in [0.3, 0.4) is 0 Å². The van der Waals surface area contributed by atoms with Crippen LogP contribution in [0.1, 0.15) is 24.8 Å². The van der Waals surface area contributed by atoms with Crippen LogP contribution in [0.2, 0.25) is 0 Å². The Bertz CT molecular complexity index is 426. The van der Waals surface area contributed by atoms with Crippen molar-refractivity contribution in [1.29, 1.82) is 0 Å². The maximum atomic E-state index is 9.14. The Morgan fingerprint density at radius 3 is 3.11 bits per heavy atom. The van der Waals surface area contributed by atoms with Gasteiger partial charge in [-0.05, 0) is 17.7 Å². The van der Waals surface area contributed by atoms with E-state index in [-0.39, 0.29) is 18.3 Å². The lowest BCUT2D eigenvalue weighted by molar-refractivity contribution is -0.112. The number of rotatable bonds is 3. The molecule has 1 aromatic rings. The number of aliphatic hydroxyl groups excluding tert-OH is 1. The molecule has 0 aromatic heterocycles. The highest BCUT2D eigenvalue weighted by atomic mass is 16.6. The summed E-state index contributed by atoms with van der Waals surface area (Å²) in [6.07, 6.45) is 2.93. The van der Waals surface area contributed by atoms with E-state index in [9.17, 15) is 0 Å². The van der Waals surface area contributed by atoms with E-state index < -0.39 is 0 Å². The molecule has 2 atom stereocenters. The Labute approximate surface area is 113 Å². The van der Waals surface area contributed by atoms with E-state index in [4.69, 9.17) is 19.3 Å². The Balaban J connectivity index is 1.65. The van der Waals surface area contributed by atoms with Crippen molar-refractivity contribution in [3.63, 3.8) is 0 Å². The van der Waals surface area contributed by atoms with E-state index in [1.165, 1.54) is 0 Å². The van der Waals surface area contributed by atoms with Gasteiger partial charge in [0.25, 0.3) is 0 Å². The zero-order valence-electron chi connectivity index (χ0n) is 11.0. The molecule has 0 amide bonds. The lowest BCUT2D eigenvalue weighted by atomic mass is 9.91. The van der Waals surface area contributed by atoms with Crippen LogP contribution in [-0.2, 0) is 16.1 Å². The van der Waals surface area contributed by atoms with Crippen molar-refractivity contribution in [2.45, 2.75) is 37.6 Å². The van der Waals surface area contributed by atoms with Gasteiger partial charge in [-0.1, -0.05) is 12.1 Å². The van der Waals surface area contributed by atoms with Gasteiger partial charge in [0.05, 0.1) is 25.4 Å². The fourth-order valence-electron chi connectivity index (χ4n) is 2.86. The normalized spacial score (nSPS) is 30.7. The molecular weight excluding hydrogens is 244 g/mol. The van der Waals surface area contributed by atoms with Crippen LogP contribution in [0.15, 0.2) is 24.3 Å². The Morgan fingerprint density at radius 2 is 2.32 bits per heavy atom. The molecule has 0 aliphatic carbocycles. The Morgan fingerprint density at radius 1 is 1.37 bits per heavy atom. The summed E-state index contributed by atoms with van der Waals surface area (Å²) in [7, 11) is 0. The summed E-state index contributed by atoms with van der Waals surface area (Å²) >= 11 is 0. The fourth-order valence-corrected chi connectivity index (χ4v) is 2.86. The molecule has 2 aliphatic heterocycles. The summed E-state index contributed by atoms with van der Waals surface area (Å²) in [5.41, 5.74) is 0.751. The Kier molecular flexibility index (Phi) is 3.73. The molecule has 4 nitrogen and oxygen atoms in total. The van der Waals surface area contributed by atoms with Gasteiger partial charge in [-0.25, -0.2) is 0 Å². The topological polar surface area (TPSA) is 47.9 Å². The number of ether oxygens (including phenoxy) is 3. The average Bonchev–Trinajstić information content (AvgIpc) is 2.87. The standard InChI is InChI=1S/C15H20O4/c16-10-12-2-1-3-13(8-12)19-14-4-6-18-15(9-14)5-7-17-11-15/h1-3,8,14,16H,4-7,9-11H2. The van der Waals surface area contributed by atoms with Crippen LogP contribution in [0.4, 0.5) is 0 Å². The zero-order chi connectivity index (χ0) is 13.1. The molecule has 19 heavy (non-hydrogen) atoms. The van der Waals surface area contributed by atoms with E-state index in [0.717, 1.165) is 43.8 Å². The molecule has 4 heteroatoms. The molecule has 104 valence electrons. The third-order valence-corrected chi connectivity index (χ3v) is 3.90. The van der Waals surface area contributed by atoms with Crippen molar-refractivity contribution in [2.75, 3.05) is 19.8 Å². The summed E-state index contributed by atoms with van der Waals surface area (Å²) in [6, 6.07) is 7.64. The summed E-state index contributed by atoms with van der Waals surface area (Å²) in [4.78, 5) is 0. The number of aliphatic hydroxyl groups is 1. The first-order valence-corrected chi connectivity index (χ1v) is 6.88. The van der Waals surface area contributed by atoms with Crippen molar-refractivity contribution in [3.8, 4) is 5.75 Å². The van der Waals surface area contributed by atoms with Gasteiger partial charge < -0.3 is 19.3 Å². The lowest BCUT2D eigenvalue weighted by Crippen LogP contribution is -2.44. The van der Waals surface area contributed by atoms with Crippen LogP contribution < -0.4 is 4.74 Å². The van der Waals surface area contributed by atoms with E-state index in [0.29, 0.717) is 6.61 Å². The fraction of sp³-hybridized carbons (Fsp3) is 0.600. The summed E-state index contributed by atoms with van der Waals surface area (Å²) < 4.78 is 17.4. The monoisotopic (exact) mass is 264 g/mol. The average molecular weight is 264 g/mol. The van der Waals surface area contributed by atoms with E-state index in [2.05, 4.69) is 0 Å². The lowest BCUT2D eigenvalue weighted by Gasteiger charge is -2.37. The quantitative estimate of drug-likeness (QED) is 0.905. The first kappa shape index (κ1) is 12.9. The third kappa shape index (κ3) is 2.91. The van der Waals surface area contributed by atoms with Crippen LogP contribution in [-0.4, -0.2) is 36.6 Å². The van der Waals surface area contributed by atoms with Gasteiger partial charge in [0.15, 0.2) is 0 Å². The predicted molar refractivity (Wildman–Crippen MR) is 70.1 cm³/mol. The maximum absolute atomic E-state index is 9.14. The minimum atomic E-state index is -0.127. The molecule has 1 spiro atoms. The van der Waals surface area contributed by atoms with Crippen molar-refractivity contribution in [2.24, 2.45) is 0 Å². The first-order valence-electron chi connectivity index (χ1n) is 6.88. The molecule has 0 bridgehead atoms. The molecular formula is C15H20O4. The number of benzene rings is 1. The van der Waals surface area contributed by atoms with E-state index in [1.807, 2.05) is 24.3 Å². The van der Waals surface area contributed by atoms with Crippen LogP contribution in [0.5, 0.6) is 5.75 Å². The number of hydrogen-bond acceptors (Lipinski definition) is 4. The summed E-state index contributed by atoms with van der Waals surface area (Å²) in [5, 5.41) is 9.14. The smallest absolute Gasteiger partial charge is 0.120 e. The van der Waals surface area contributed by atoms with Crippen molar-refractivity contribution >= 4 is 0 Å². The minimum Gasteiger partial charge on any atom is -0.490 e. The second kappa shape index (κ2) is 5.49. The molecule has 1 N–H and O–H groups in total. The second-order valence-electron chi connectivity index (χ2n) is 5.37. The number of hydrogen-bond donors (Lipinski definition) is 1. The molecule has 0 radical (unpaired) electrons. The van der Waals surface area contributed by atoms with Crippen molar-refractivity contribution in [1.82, 2.24) is 0 Å². The van der Waals surface area contributed by atoms with Crippen molar-refractivity contribution in [3.05, 3.63) is 29.8 Å². The van der Waals surface area contributed by atoms with E-state index in [1.54, 1.807) is 0 Å². The van der Waals surface area contributed by atoms with E-state index >= 15 is 0 Å². The Hall–Kier alpha value is -1.10. The molecule has 3 rings (SSSR count).